The third kappa shape index (κ3) is 4.47. The first-order valence-electron chi connectivity index (χ1n) is 11.1. The van der Waals surface area contributed by atoms with Gasteiger partial charge in [-0.15, -0.1) is 0 Å². The molecule has 1 aromatic heterocycles. The molecular formula is C25H21F3N4O4. The van der Waals surface area contributed by atoms with Gasteiger partial charge in [-0.25, -0.2) is 4.79 Å². The van der Waals surface area contributed by atoms with Crippen molar-refractivity contribution in [3.8, 4) is 23.4 Å². The molecule has 2 aliphatic heterocycles. The summed E-state index contributed by atoms with van der Waals surface area (Å²) in [6, 6.07) is 12.8. The molecule has 11 heteroatoms. The van der Waals surface area contributed by atoms with Crippen LogP contribution >= 0.6 is 0 Å². The molecule has 0 radical (unpaired) electrons. The van der Waals surface area contributed by atoms with Gasteiger partial charge in [0.25, 0.3) is 0 Å². The number of halogens is 3. The second-order valence-corrected chi connectivity index (χ2v) is 8.88. The molecule has 1 atom stereocenters. The zero-order valence-corrected chi connectivity index (χ0v) is 19.2. The fraction of sp³-hybridized carbons (Fsp3) is 0.320. The number of hydrogen-bond acceptors (Lipinski definition) is 7. The molecule has 0 bridgehead atoms. The number of fused-ring (bicyclic) bond motifs is 3. The lowest BCUT2D eigenvalue weighted by molar-refractivity contribution is -0.137. The summed E-state index contributed by atoms with van der Waals surface area (Å²) in [4.78, 5) is 18.8. The lowest BCUT2D eigenvalue weighted by Gasteiger charge is -2.39. The summed E-state index contributed by atoms with van der Waals surface area (Å²) in [7, 11) is 0. The van der Waals surface area contributed by atoms with Crippen LogP contribution in [0.1, 0.15) is 23.6 Å². The van der Waals surface area contributed by atoms with Gasteiger partial charge >= 0.3 is 11.9 Å². The molecular weight excluding hydrogens is 477 g/mol. The van der Waals surface area contributed by atoms with E-state index in [-0.39, 0.29) is 35.1 Å². The Morgan fingerprint density at radius 1 is 1.22 bits per heavy atom. The van der Waals surface area contributed by atoms with Gasteiger partial charge < -0.3 is 19.1 Å². The molecule has 186 valence electrons. The summed E-state index contributed by atoms with van der Waals surface area (Å²) in [5.41, 5.74) is -0.859. The van der Waals surface area contributed by atoms with Crippen molar-refractivity contribution >= 4 is 5.82 Å². The lowest BCUT2D eigenvalue weighted by Crippen LogP contribution is -2.53. The van der Waals surface area contributed by atoms with Gasteiger partial charge in [-0.1, -0.05) is 12.1 Å². The van der Waals surface area contributed by atoms with Crippen molar-refractivity contribution in [3.05, 3.63) is 75.7 Å². The minimum Gasteiger partial charge on any atom is -0.473 e. The molecule has 5 rings (SSSR count). The van der Waals surface area contributed by atoms with E-state index in [1.165, 1.54) is 24.3 Å². The normalized spacial score (nSPS) is 18.8. The van der Waals surface area contributed by atoms with Gasteiger partial charge in [-0.3, -0.25) is 4.57 Å². The molecule has 8 nitrogen and oxygen atoms in total. The molecule has 0 amide bonds. The molecule has 1 fully saturated rings. The van der Waals surface area contributed by atoms with Crippen LogP contribution in [0.15, 0.2) is 53.3 Å². The van der Waals surface area contributed by atoms with Crippen LogP contribution in [0.25, 0.3) is 0 Å². The Kier molecular flexibility index (Phi) is 5.84. The summed E-state index contributed by atoms with van der Waals surface area (Å²) < 4.78 is 57.4. The van der Waals surface area contributed by atoms with Crippen molar-refractivity contribution in [2.75, 3.05) is 24.7 Å². The molecule has 0 saturated carbocycles. The number of aromatic nitrogens is 2. The molecule has 36 heavy (non-hydrogen) atoms. The van der Waals surface area contributed by atoms with Gasteiger partial charge in [-0.05, 0) is 42.8 Å². The molecule has 0 N–H and O–H groups in total. The van der Waals surface area contributed by atoms with E-state index >= 15 is 0 Å². The summed E-state index contributed by atoms with van der Waals surface area (Å²) in [6.45, 7) is 4.26. The predicted molar refractivity (Wildman–Crippen MR) is 122 cm³/mol. The zero-order valence-electron chi connectivity index (χ0n) is 19.2. The second kappa shape index (κ2) is 8.87. The topological polar surface area (TPSA) is 89.6 Å². The quantitative estimate of drug-likeness (QED) is 0.523. The molecule has 3 heterocycles. The van der Waals surface area contributed by atoms with Crippen molar-refractivity contribution in [3.63, 3.8) is 0 Å². The van der Waals surface area contributed by atoms with E-state index in [9.17, 15) is 23.2 Å². The van der Waals surface area contributed by atoms with Crippen molar-refractivity contribution < 1.29 is 27.4 Å². The standard InChI is InChI=1S/C25H21F3N4O4/c1-24-14-31-22(32(24)7-8-34-15-24)11-21(30-23(31)33)35-13-16-5-6-20(17(9-16)12-29)36-19-4-2-3-18(10-19)25(26,27)28/h2-6,9-11H,7-8,13-15H2,1H3/t24-/m1/s1. The Morgan fingerprint density at radius 3 is 2.83 bits per heavy atom. The van der Waals surface area contributed by atoms with Gasteiger partial charge in [0.2, 0.25) is 5.88 Å². The van der Waals surface area contributed by atoms with Crippen LogP contribution in [0.2, 0.25) is 0 Å². The van der Waals surface area contributed by atoms with E-state index < -0.39 is 17.4 Å². The van der Waals surface area contributed by atoms with Crippen LogP contribution < -0.4 is 20.1 Å². The minimum absolute atomic E-state index is 0.0226. The Balaban J connectivity index is 1.32. The fourth-order valence-electron chi connectivity index (χ4n) is 4.44. The molecule has 0 spiro atoms. The number of rotatable bonds is 5. The van der Waals surface area contributed by atoms with E-state index in [4.69, 9.17) is 14.2 Å². The van der Waals surface area contributed by atoms with Gasteiger partial charge in [0.1, 0.15) is 30.0 Å². The number of alkyl halides is 3. The maximum Gasteiger partial charge on any atom is 0.416 e. The largest absolute Gasteiger partial charge is 0.473 e. The van der Waals surface area contributed by atoms with Crippen LogP contribution in [0.5, 0.6) is 17.4 Å². The summed E-state index contributed by atoms with van der Waals surface area (Å²) in [6.07, 6.45) is -4.51. The highest BCUT2D eigenvalue weighted by Crippen LogP contribution is 2.36. The van der Waals surface area contributed by atoms with Gasteiger partial charge in [0.15, 0.2) is 0 Å². The summed E-state index contributed by atoms with van der Waals surface area (Å²) in [5, 5.41) is 9.54. The maximum atomic E-state index is 13.0. The third-order valence-electron chi connectivity index (χ3n) is 6.21. The minimum atomic E-state index is -4.51. The van der Waals surface area contributed by atoms with E-state index in [0.29, 0.717) is 31.9 Å². The molecule has 1 saturated heterocycles. The Morgan fingerprint density at radius 2 is 2.06 bits per heavy atom. The Bertz CT molecular complexity index is 1420. The first-order chi connectivity index (χ1) is 17.2. The number of morpholine rings is 1. The van der Waals surface area contributed by atoms with Gasteiger partial charge in [0.05, 0.1) is 36.4 Å². The van der Waals surface area contributed by atoms with E-state index in [1.54, 1.807) is 16.7 Å². The highest BCUT2D eigenvalue weighted by Gasteiger charge is 2.43. The van der Waals surface area contributed by atoms with Crippen molar-refractivity contribution in [2.24, 2.45) is 0 Å². The average molecular weight is 498 g/mol. The SMILES string of the molecule is C[C@@]12COCCN1c1cc(OCc3ccc(Oc4cccc(C(F)(F)F)c4)c(C#N)c3)nc(=O)n1C2. The van der Waals surface area contributed by atoms with Crippen LogP contribution in [-0.2, 0) is 24.1 Å². The third-order valence-corrected chi connectivity index (χ3v) is 6.21. The number of anilines is 1. The number of hydrogen-bond donors (Lipinski definition) is 0. The number of nitrogens with zero attached hydrogens (tertiary/aromatic N) is 4. The highest BCUT2D eigenvalue weighted by atomic mass is 19.4. The predicted octanol–water partition coefficient (Wildman–Crippen LogP) is 4.11. The monoisotopic (exact) mass is 498 g/mol. The first-order valence-corrected chi connectivity index (χ1v) is 11.1. The Labute approximate surface area is 204 Å². The van der Waals surface area contributed by atoms with Gasteiger partial charge in [-0.2, -0.15) is 23.4 Å². The van der Waals surface area contributed by atoms with Crippen molar-refractivity contribution in [2.45, 2.75) is 31.8 Å². The number of nitriles is 1. The van der Waals surface area contributed by atoms with Gasteiger partial charge in [0, 0.05) is 12.6 Å². The first kappa shape index (κ1) is 23.7. The molecule has 2 aliphatic rings. The summed E-state index contributed by atoms with van der Waals surface area (Å²) >= 11 is 0. The molecule has 0 aliphatic carbocycles. The van der Waals surface area contributed by atoms with Crippen molar-refractivity contribution in [1.82, 2.24) is 9.55 Å². The smallest absolute Gasteiger partial charge is 0.416 e. The maximum absolute atomic E-state index is 13.0. The van der Waals surface area contributed by atoms with E-state index in [2.05, 4.69) is 9.88 Å². The van der Waals surface area contributed by atoms with Crippen molar-refractivity contribution in [1.29, 1.82) is 5.26 Å². The van der Waals surface area contributed by atoms with E-state index in [0.717, 1.165) is 18.0 Å². The fourth-order valence-corrected chi connectivity index (χ4v) is 4.44. The second-order valence-electron chi connectivity index (χ2n) is 8.88. The molecule has 2 aromatic carbocycles. The molecule has 3 aromatic rings. The van der Waals surface area contributed by atoms with Crippen LogP contribution in [0.4, 0.5) is 19.0 Å². The lowest BCUT2D eigenvalue weighted by atomic mass is 10.0. The van der Waals surface area contributed by atoms with Crippen LogP contribution in [0, 0.1) is 11.3 Å². The summed E-state index contributed by atoms with van der Waals surface area (Å²) in [5.74, 6) is 0.951. The zero-order chi connectivity index (χ0) is 25.5. The van der Waals surface area contributed by atoms with Crippen LogP contribution in [0.3, 0.4) is 0 Å². The average Bonchev–Trinajstić information content (AvgIpc) is 3.16. The highest BCUT2D eigenvalue weighted by molar-refractivity contribution is 5.50. The molecule has 0 unspecified atom stereocenters. The van der Waals surface area contributed by atoms with E-state index in [1.807, 2.05) is 13.0 Å². The number of benzene rings is 2. The number of ether oxygens (including phenoxy) is 3. The van der Waals surface area contributed by atoms with Crippen LogP contribution in [-0.4, -0.2) is 34.8 Å². The Hall–Kier alpha value is -4.04.